The molecule has 1 unspecified atom stereocenters. The number of carbonyl (C=O) groups is 1. The van der Waals surface area contributed by atoms with E-state index < -0.39 is 17.0 Å². The van der Waals surface area contributed by atoms with Crippen LogP contribution in [0.5, 0.6) is 5.75 Å². The summed E-state index contributed by atoms with van der Waals surface area (Å²) < 4.78 is 21.7. The highest BCUT2D eigenvalue weighted by atomic mass is 32.2. The van der Waals surface area contributed by atoms with Gasteiger partial charge in [0.15, 0.2) is 0 Å². The van der Waals surface area contributed by atoms with E-state index in [1.807, 2.05) is 0 Å². The number of carbonyl (C=O) groups excluding carboxylic acids is 1. The summed E-state index contributed by atoms with van der Waals surface area (Å²) in [5.41, 5.74) is 6.40. The molecule has 1 atom stereocenters. The van der Waals surface area contributed by atoms with E-state index in [9.17, 15) is 18.7 Å². The van der Waals surface area contributed by atoms with Crippen LogP contribution >= 0.6 is 0 Å². The van der Waals surface area contributed by atoms with Crippen molar-refractivity contribution in [2.75, 3.05) is 11.1 Å². The molecule has 0 saturated carbocycles. The maximum absolute atomic E-state index is 11.9. The molecule has 0 bridgehead atoms. The number of amides is 1. The number of phenols is 1. The van der Waals surface area contributed by atoms with Crippen molar-refractivity contribution in [1.82, 2.24) is 0 Å². The first-order valence-corrected chi connectivity index (χ1v) is 6.64. The first-order chi connectivity index (χ1) is 9.47. The number of nitrogen functional groups attached to an aromatic ring is 1. The van der Waals surface area contributed by atoms with Gasteiger partial charge in [-0.15, -0.1) is 0 Å². The van der Waals surface area contributed by atoms with Gasteiger partial charge in [-0.3, -0.25) is 9.00 Å². The minimum Gasteiger partial charge on any atom is -0.768 e. The number of anilines is 2. The lowest BCUT2D eigenvalue weighted by atomic mass is 10.2. The highest BCUT2D eigenvalue weighted by Gasteiger charge is 2.09. The minimum atomic E-state index is -2.44. The Labute approximate surface area is 117 Å². The van der Waals surface area contributed by atoms with Crippen molar-refractivity contribution in [2.24, 2.45) is 0 Å². The van der Waals surface area contributed by atoms with Gasteiger partial charge in [0.2, 0.25) is 0 Å². The molecule has 20 heavy (non-hydrogen) atoms. The Hall–Kier alpha value is -2.38. The molecule has 1 amide bonds. The van der Waals surface area contributed by atoms with Crippen LogP contribution in [-0.2, 0) is 11.1 Å². The largest absolute Gasteiger partial charge is 0.768 e. The fraction of sp³-hybridized carbons (Fsp3) is 0. The van der Waals surface area contributed by atoms with Crippen LogP contribution in [0.15, 0.2) is 47.4 Å². The average Bonchev–Trinajstić information content (AvgIpc) is 2.41. The Bertz CT molecular complexity index is 671. The SMILES string of the molecule is Nc1ccc(C(=O)Nc2cc(S(=O)[O-])ccc2O)cc1. The monoisotopic (exact) mass is 291 g/mol. The van der Waals surface area contributed by atoms with Crippen LogP contribution in [0.2, 0.25) is 0 Å². The summed E-state index contributed by atoms with van der Waals surface area (Å²) in [6.45, 7) is 0. The summed E-state index contributed by atoms with van der Waals surface area (Å²) in [7, 11) is 0. The number of hydrogen-bond donors (Lipinski definition) is 3. The average molecular weight is 291 g/mol. The fourth-order valence-electron chi connectivity index (χ4n) is 1.55. The Morgan fingerprint density at radius 2 is 1.85 bits per heavy atom. The van der Waals surface area contributed by atoms with Gasteiger partial charge in [0.05, 0.1) is 5.69 Å². The van der Waals surface area contributed by atoms with Crippen molar-refractivity contribution in [3.63, 3.8) is 0 Å². The van der Waals surface area contributed by atoms with Crippen LogP contribution in [0.25, 0.3) is 0 Å². The summed E-state index contributed by atoms with van der Waals surface area (Å²) >= 11 is -2.44. The zero-order valence-corrected chi connectivity index (χ0v) is 11.0. The van der Waals surface area contributed by atoms with E-state index in [2.05, 4.69) is 5.32 Å². The van der Waals surface area contributed by atoms with E-state index in [0.717, 1.165) is 0 Å². The summed E-state index contributed by atoms with van der Waals surface area (Å²) in [5, 5.41) is 12.1. The van der Waals surface area contributed by atoms with Crippen LogP contribution in [-0.4, -0.2) is 19.8 Å². The minimum absolute atomic E-state index is 0.0218. The standard InChI is InChI=1S/C13H12N2O4S/c14-9-3-1-8(2-4-9)13(17)15-11-7-10(20(18)19)5-6-12(11)16/h1-7,16H,14H2,(H,15,17)(H,18,19)/p-1. The Morgan fingerprint density at radius 3 is 2.45 bits per heavy atom. The van der Waals surface area contributed by atoms with E-state index in [1.165, 1.54) is 30.3 Å². The van der Waals surface area contributed by atoms with Gasteiger partial charge in [0.1, 0.15) is 5.75 Å². The smallest absolute Gasteiger partial charge is 0.255 e. The number of benzene rings is 2. The topological polar surface area (TPSA) is 115 Å². The van der Waals surface area contributed by atoms with Crippen molar-refractivity contribution < 1.29 is 18.7 Å². The molecule has 0 heterocycles. The molecule has 2 aromatic carbocycles. The normalized spacial score (nSPS) is 11.8. The molecule has 6 nitrogen and oxygen atoms in total. The van der Waals surface area contributed by atoms with Crippen LogP contribution in [0.3, 0.4) is 0 Å². The van der Waals surface area contributed by atoms with Crippen molar-refractivity contribution in [3.8, 4) is 5.75 Å². The van der Waals surface area contributed by atoms with Gasteiger partial charge >= 0.3 is 0 Å². The highest BCUT2D eigenvalue weighted by molar-refractivity contribution is 7.79. The van der Waals surface area contributed by atoms with Crippen LogP contribution in [0.1, 0.15) is 10.4 Å². The zero-order valence-electron chi connectivity index (χ0n) is 10.2. The number of hydrogen-bond acceptors (Lipinski definition) is 5. The second kappa shape index (κ2) is 5.72. The third-order valence-electron chi connectivity index (χ3n) is 2.58. The number of nitrogens with two attached hydrogens (primary N) is 1. The first-order valence-electron chi connectivity index (χ1n) is 5.56. The zero-order chi connectivity index (χ0) is 14.7. The third-order valence-corrected chi connectivity index (χ3v) is 3.22. The molecule has 0 aliphatic carbocycles. The molecule has 0 fully saturated rings. The van der Waals surface area contributed by atoms with Crippen molar-refractivity contribution in [1.29, 1.82) is 0 Å². The molecule has 2 aromatic rings. The van der Waals surface area contributed by atoms with Gasteiger partial charge in [-0.1, -0.05) is 0 Å². The van der Waals surface area contributed by atoms with Crippen molar-refractivity contribution >= 4 is 28.4 Å². The molecule has 0 aromatic heterocycles. The third kappa shape index (κ3) is 3.14. The summed E-state index contributed by atoms with van der Waals surface area (Å²) in [6, 6.07) is 9.79. The van der Waals surface area contributed by atoms with E-state index in [-0.39, 0.29) is 16.3 Å². The molecule has 0 aliphatic rings. The molecule has 0 saturated heterocycles. The first kappa shape index (κ1) is 14.0. The van der Waals surface area contributed by atoms with Gasteiger partial charge in [-0.25, -0.2) is 0 Å². The molecule has 2 rings (SSSR count). The van der Waals surface area contributed by atoms with Crippen LogP contribution < -0.4 is 11.1 Å². The van der Waals surface area contributed by atoms with Crippen molar-refractivity contribution in [3.05, 3.63) is 48.0 Å². The molecule has 0 aliphatic heterocycles. The predicted molar refractivity (Wildman–Crippen MR) is 74.1 cm³/mol. The molecule has 0 spiro atoms. The van der Waals surface area contributed by atoms with Gasteiger partial charge < -0.3 is 20.7 Å². The van der Waals surface area contributed by atoms with Crippen molar-refractivity contribution in [2.45, 2.75) is 4.90 Å². The second-order valence-electron chi connectivity index (χ2n) is 3.99. The number of nitrogens with one attached hydrogen (secondary N) is 1. The maximum atomic E-state index is 11.9. The second-order valence-corrected chi connectivity index (χ2v) is 4.93. The lowest BCUT2D eigenvalue weighted by Crippen LogP contribution is -2.12. The summed E-state index contributed by atoms with van der Waals surface area (Å²) in [6.07, 6.45) is 0. The Kier molecular flexibility index (Phi) is 4.02. The fourth-order valence-corrected chi connectivity index (χ4v) is 1.94. The lowest BCUT2D eigenvalue weighted by Gasteiger charge is -2.11. The Morgan fingerprint density at radius 1 is 1.20 bits per heavy atom. The molecule has 0 radical (unpaired) electrons. The molecular weight excluding hydrogens is 280 g/mol. The van der Waals surface area contributed by atoms with E-state index in [1.54, 1.807) is 12.1 Å². The Balaban J connectivity index is 2.25. The van der Waals surface area contributed by atoms with E-state index >= 15 is 0 Å². The van der Waals surface area contributed by atoms with Gasteiger partial charge in [-0.2, -0.15) is 0 Å². The predicted octanol–water partition coefficient (Wildman–Crippen LogP) is 1.46. The highest BCUT2D eigenvalue weighted by Crippen LogP contribution is 2.26. The number of rotatable bonds is 3. The van der Waals surface area contributed by atoms with Gasteiger partial charge in [0, 0.05) is 16.1 Å². The lowest BCUT2D eigenvalue weighted by molar-refractivity contribution is 0.102. The molecular formula is C13H11N2O4S-. The molecule has 104 valence electrons. The number of phenolic OH excluding ortho intramolecular Hbond substituents is 1. The molecule has 7 heteroatoms. The quantitative estimate of drug-likeness (QED) is 0.450. The van der Waals surface area contributed by atoms with Crippen LogP contribution in [0.4, 0.5) is 11.4 Å². The summed E-state index contributed by atoms with van der Waals surface area (Å²) in [4.78, 5) is 11.9. The van der Waals surface area contributed by atoms with E-state index in [0.29, 0.717) is 11.3 Å². The van der Waals surface area contributed by atoms with Crippen LogP contribution in [0, 0.1) is 0 Å². The maximum Gasteiger partial charge on any atom is 0.255 e. The number of aromatic hydroxyl groups is 1. The summed E-state index contributed by atoms with van der Waals surface area (Å²) in [5.74, 6) is -0.697. The molecule has 4 N–H and O–H groups in total. The van der Waals surface area contributed by atoms with E-state index in [4.69, 9.17) is 5.73 Å². The van der Waals surface area contributed by atoms with Gasteiger partial charge in [-0.05, 0) is 53.5 Å². The van der Waals surface area contributed by atoms with Gasteiger partial charge in [0.25, 0.3) is 5.91 Å².